The fourth-order valence-electron chi connectivity index (χ4n) is 4.00. The van der Waals surface area contributed by atoms with Gasteiger partial charge in [-0.1, -0.05) is 12.1 Å². The molecule has 8 heteroatoms. The van der Waals surface area contributed by atoms with E-state index in [4.69, 9.17) is 0 Å². The third-order valence-electron chi connectivity index (χ3n) is 5.68. The fourth-order valence-corrected chi connectivity index (χ4v) is 6.26. The Morgan fingerprint density at radius 1 is 1.19 bits per heavy atom. The average molecular weight is 406 g/mol. The number of benzene rings is 1. The lowest BCUT2D eigenvalue weighted by molar-refractivity contribution is -0.123. The topological polar surface area (TPSA) is 60.9 Å². The van der Waals surface area contributed by atoms with Gasteiger partial charge in [-0.15, -0.1) is 0 Å². The summed E-state index contributed by atoms with van der Waals surface area (Å²) in [6.07, 6.45) is 0.711. The Hall–Kier alpha value is -1.74. The summed E-state index contributed by atoms with van der Waals surface area (Å²) in [5.74, 6) is 0.0570. The van der Waals surface area contributed by atoms with Crippen LogP contribution in [0.4, 0.5) is 5.69 Å². The van der Waals surface area contributed by atoms with E-state index in [0.29, 0.717) is 37.5 Å². The summed E-state index contributed by atoms with van der Waals surface area (Å²) < 4.78 is 27.8. The molecule has 144 valence electrons. The van der Waals surface area contributed by atoms with Gasteiger partial charge >= 0.3 is 0 Å². The molecular weight excluding hydrogens is 382 g/mol. The van der Waals surface area contributed by atoms with E-state index in [0.717, 1.165) is 11.3 Å². The zero-order valence-corrected chi connectivity index (χ0v) is 17.1. The Labute approximate surface area is 164 Å². The van der Waals surface area contributed by atoms with E-state index >= 15 is 0 Å². The molecule has 0 saturated carbocycles. The van der Waals surface area contributed by atoms with E-state index in [2.05, 4.69) is 0 Å². The molecule has 3 heterocycles. The Balaban J connectivity index is 1.61. The van der Waals surface area contributed by atoms with Gasteiger partial charge < -0.3 is 4.90 Å². The molecule has 2 fully saturated rings. The number of hydrogen-bond acceptors (Lipinski definition) is 5. The van der Waals surface area contributed by atoms with Crippen molar-refractivity contribution in [3.05, 3.63) is 46.7 Å². The van der Waals surface area contributed by atoms with Gasteiger partial charge in [0.2, 0.25) is 15.9 Å². The highest BCUT2D eigenvalue weighted by atomic mass is 32.2. The second-order valence-electron chi connectivity index (χ2n) is 7.45. The number of aryl methyl sites for hydroxylation is 1. The van der Waals surface area contributed by atoms with E-state index < -0.39 is 10.0 Å². The summed E-state index contributed by atoms with van der Waals surface area (Å²) in [5, 5.41) is 3.92. The Morgan fingerprint density at radius 2 is 2.00 bits per heavy atom. The monoisotopic (exact) mass is 405 g/mol. The van der Waals surface area contributed by atoms with Crippen LogP contribution in [-0.2, 0) is 14.8 Å². The van der Waals surface area contributed by atoms with Crippen LogP contribution in [-0.4, -0.2) is 62.3 Å². The highest BCUT2D eigenvalue weighted by Crippen LogP contribution is 2.36. The van der Waals surface area contributed by atoms with Crippen molar-refractivity contribution in [3.8, 4) is 0 Å². The quantitative estimate of drug-likeness (QED) is 0.785. The number of nitrogens with zero attached hydrogens (tertiary/aromatic N) is 3. The summed E-state index contributed by atoms with van der Waals surface area (Å²) >= 11 is 1.56. The number of amides is 1. The lowest BCUT2D eigenvalue weighted by Gasteiger charge is -2.46. The first-order chi connectivity index (χ1) is 12.8. The van der Waals surface area contributed by atoms with E-state index in [1.165, 1.54) is 0 Å². The van der Waals surface area contributed by atoms with Crippen LogP contribution in [0.3, 0.4) is 0 Å². The first-order valence-corrected chi connectivity index (χ1v) is 11.3. The summed E-state index contributed by atoms with van der Waals surface area (Å²) in [7, 11) is -1.62. The Bertz CT molecular complexity index is 958. The molecule has 0 aliphatic carbocycles. The fraction of sp³-hybridized carbons (Fsp3) is 0.421. The number of piperazine rings is 1. The first-order valence-electron chi connectivity index (χ1n) is 8.92. The third-order valence-corrected chi connectivity index (χ3v) is 8.19. The van der Waals surface area contributed by atoms with Gasteiger partial charge in [-0.3, -0.25) is 9.69 Å². The maximum atomic E-state index is 13.1. The van der Waals surface area contributed by atoms with E-state index in [9.17, 15) is 13.2 Å². The van der Waals surface area contributed by atoms with Crippen molar-refractivity contribution in [2.45, 2.75) is 23.8 Å². The smallest absolute Gasteiger partial charge is 0.243 e. The minimum Gasteiger partial charge on any atom is -0.309 e. The van der Waals surface area contributed by atoms with Crippen LogP contribution in [0, 0.1) is 6.92 Å². The lowest BCUT2D eigenvalue weighted by atomic mass is 9.93. The van der Waals surface area contributed by atoms with Crippen molar-refractivity contribution in [2.75, 3.05) is 38.1 Å². The van der Waals surface area contributed by atoms with Crippen LogP contribution in [0.1, 0.15) is 12.0 Å². The van der Waals surface area contributed by atoms with Gasteiger partial charge in [0.1, 0.15) is 0 Å². The first kappa shape index (κ1) is 18.6. The van der Waals surface area contributed by atoms with E-state index in [1.807, 2.05) is 41.8 Å². The third kappa shape index (κ3) is 3.20. The molecule has 2 aliphatic heterocycles. The number of carbonyl (C=O) groups is 1. The van der Waals surface area contributed by atoms with Crippen molar-refractivity contribution in [1.82, 2.24) is 9.21 Å². The van der Waals surface area contributed by atoms with Gasteiger partial charge in [-0.05, 0) is 49.5 Å². The van der Waals surface area contributed by atoms with Crippen molar-refractivity contribution >= 4 is 33.0 Å². The normalized spacial score (nSPS) is 24.8. The molecular formula is C19H23N3O3S2. The second kappa shape index (κ2) is 6.70. The summed E-state index contributed by atoms with van der Waals surface area (Å²) in [6, 6.07) is 8.98. The van der Waals surface area contributed by atoms with Crippen LogP contribution >= 0.6 is 11.3 Å². The Morgan fingerprint density at radius 3 is 2.70 bits per heavy atom. The predicted molar refractivity (Wildman–Crippen MR) is 107 cm³/mol. The minimum absolute atomic E-state index is 0.0570. The van der Waals surface area contributed by atoms with Gasteiger partial charge in [-0.25, -0.2) is 8.42 Å². The number of likely N-dealkylation sites (N-methyl/N-ethyl adjacent to an activating group) is 1. The van der Waals surface area contributed by atoms with Gasteiger partial charge in [0, 0.05) is 25.0 Å². The maximum absolute atomic E-state index is 13.1. The molecule has 2 aromatic rings. The van der Waals surface area contributed by atoms with Gasteiger partial charge in [0.25, 0.3) is 0 Å². The van der Waals surface area contributed by atoms with Crippen LogP contribution in [0.25, 0.3) is 0 Å². The molecule has 0 N–H and O–H groups in total. The standard InChI is InChI=1S/C19H23N3O3S2/c1-15-4-3-5-17(10-15)27(24,25)21-8-7-19(13-21)14-22(16-6-9-26-12-16)18(23)11-20(19)2/h3-6,9-10,12H,7-8,11,13-14H2,1-2H3/t19-/m0/s1. The summed E-state index contributed by atoms with van der Waals surface area (Å²) in [6.45, 7) is 3.57. The molecule has 27 heavy (non-hydrogen) atoms. The SMILES string of the molecule is Cc1cccc(S(=O)(=O)N2CC[C@@]3(CN(c4ccsc4)C(=O)CN3C)C2)c1. The van der Waals surface area contributed by atoms with Crippen LogP contribution in [0.2, 0.25) is 0 Å². The summed E-state index contributed by atoms with van der Waals surface area (Å²) in [5.41, 5.74) is 1.47. The molecule has 0 radical (unpaired) electrons. The second-order valence-corrected chi connectivity index (χ2v) is 10.2. The molecule has 0 bridgehead atoms. The van der Waals surface area contributed by atoms with Crippen LogP contribution in [0.15, 0.2) is 46.0 Å². The van der Waals surface area contributed by atoms with E-state index in [1.54, 1.807) is 38.7 Å². The van der Waals surface area contributed by atoms with Crippen LogP contribution < -0.4 is 4.90 Å². The van der Waals surface area contributed by atoms with Gasteiger partial charge in [0.15, 0.2) is 0 Å². The van der Waals surface area contributed by atoms with Gasteiger partial charge in [-0.2, -0.15) is 15.6 Å². The zero-order valence-electron chi connectivity index (χ0n) is 15.5. The number of carbonyl (C=O) groups excluding carboxylic acids is 1. The molecule has 2 saturated heterocycles. The molecule has 6 nitrogen and oxygen atoms in total. The van der Waals surface area contributed by atoms with Crippen molar-refractivity contribution in [3.63, 3.8) is 0 Å². The van der Waals surface area contributed by atoms with Crippen molar-refractivity contribution in [2.24, 2.45) is 0 Å². The molecule has 1 amide bonds. The minimum atomic E-state index is -3.54. The Kier molecular flexibility index (Phi) is 4.62. The highest BCUT2D eigenvalue weighted by molar-refractivity contribution is 7.89. The molecule has 1 atom stereocenters. The average Bonchev–Trinajstić information content (AvgIpc) is 3.29. The van der Waals surface area contributed by atoms with Gasteiger partial charge in [0.05, 0.1) is 22.7 Å². The molecule has 1 spiro atoms. The number of anilines is 1. The van der Waals surface area contributed by atoms with Crippen LogP contribution in [0.5, 0.6) is 0 Å². The number of rotatable bonds is 3. The molecule has 2 aliphatic rings. The number of thiophene rings is 1. The molecule has 0 unspecified atom stereocenters. The van der Waals surface area contributed by atoms with Crippen molar-refractivity contribution in [1.29, 1.82) is 0 Å². The zero-order chi connectivity index (χ0) is 19.2. The van der Waals surface area contributed by atoms with Crippen molar-refractivity contribution < 1.29 is 13.2 Å². The number of sulfonamides is 1. The predicted octanol–water partition coefficient (Wildman–Crippen LogP) is 2.17. The molecule has 1 aromatic heterocycles. The van der Waals surface area contributed by atoms with E-state index in [-0.39, 0.29) is 11.4 Å². The lowest BCUT2D eigenvalue weighted by Crippen LogP contribution is -2.64. The highest BCUT2D eigenvalue weighted by Gasteiger charge is 2.50. The number of hydrogen-bond donors (Lipinski definition) is 0. The molecule has 4 rings (SSSR count). The summed E-state index contributed by atoms with van der Waals surface area (Å²) in [4.78, 5) is 16.7. The molecule has 1 aromatic carbocycles. The largest absolute Gasteiger partial charge is 0.309 e. The maximum Gasteiger partial charge on any atom is 0.243 e.